The van der Waals surface area contributed by atoms with Crippen LogP contribution in [0.2, 0.25) is 0 Å². The Morgan fingerprint density at radius 2 is 0.702 bits per heavy atom. The Morgan fingerprint density at radius 3 is 1.02 bits per heavy atom. The molecular weight excluding hydrogens is 640 g/mol. The maximum Gasteiger partial charge on any atom is 0.164 e. The molecule has 0 amide bonds. The van der Waals surface area contributed by atoms with E-state index in [0.29, 0.717) is 0 Å². The number of aryl methyl sites for hydroxylation is 1. The van der Waals surface area contributed by atoms with Crippen LogP contribution >= 0.6 is 15.9 Å². The van der Waals surface area contributed by atoms with Crippen molar-refractivity contribution in [2.24, 2.45) is 0 Å². The molecule has 276 valence electrons. The van der Waals surface area contributed by atoms with Crippen LogP contribution in [-0.4, -0.2) is 13.2 Å². The molecule has 0 radical (unpaired) electrons. The van der Waals surface area contributed by atoms with Gasteiger partial charge in [-0.3, -0.25) is 0 Å². The summed E-state index contributed by atoms with van der Waals surface area (Å²) in [5.41, 5.74) is 2.46. The molecule has 0 spiro atoms. The molecule has 0 heterocycles. The summed E-state index contributed by atoms with van der Waals surface area (Å²) in [7, 11) is 0. The maximum atomic E-state index is 6.33. The minimum absolute atomic E-state index is 0.791. The lowest BCUT2D eigenvalue weighted by atomic mass is 10.0. The number of unbranched alkanes of at least 4 members (excludes halogenated alkanes) is 30. The monoisotopic (exact) mass is 721 g/mol. The van der Waals surface area contributed by atoms with E-state index in [4.69, 9.17) is 9.47 Å². The van der Waals surface area contributed by atoms with Crippen LogP contribution in [0, 0.1) is 6.92 Å². The molecule has 3 heteroatoms. The average Bonchev–Trinajstić information content (AvgIpc) is 3.08. The third-order valence-corrected chi connectivity index (χ3v) is 10.6. The first kappa shape index (κ1) is 44.3. The molecule has 0 aliphatic carbocycles. The van der Waals surface area contributed by atoms with E-state index in [-0.39, 0.29) is 0 Å². The van der Waals surface area contributed by atoms with Gasteiger partial charge in [0, 0.05) is 5.33 Å². The number of benzene rings is 1. The topological polar surface area (TPSA) is 18.5 Å². The number of halogens is 1. The van der Waals surface area contributed by atoms with Crippen molar-refractivity contribution in [2.45, 2.75) is 232 Å². The molecule has 0 saturated carbocycles. The number of rotatable bonds is 37. The van der Waals surface area contributed by atoms with Crippen molar-refractivity contribution in [3.63, 3.8) is 0 Å². The number of ether oxygens (including phenoxy) is 2. The third kappa shape index (κ3) is 27.8. The van der Waals surface area contributed by atoms with E-state index in [9.17, 15) is 0 Å². The Morgan fingerprint density at radius 1 is 0.404 bits per heavy atom. The summed E-state index contributed by atoms with van der Waals surface area (Å²) in [5, 5.41) is 0.850. The summed E-state index contributed by atoms with van der Waals surface area (Å²) in [6.45, 7) is 8.35. The van der Waals surface area contributed by atoms with Gasteiger partial charge in [-0.1, -0.05) is 228 Å². The molecule has 0 N–H and O–H groups in total. The van der Waals surface area contributed by atoms with Gasteiger partial charge in [-0.15, -0.1) is 0 Å². The number of hydrogen-bond donors (Lipinski definition) is 0. The van der Waals surface area contributed by atoms with Gasteiger partial charge in [0.05, 0.1) is 13.2 Å². The van der Waals surface area contributed by atoms with Gasteiger partial charge in [-0.25, -0.2) is 0 Å². The van der Waals surface area contributed by atoms with Crippen LogP contribution in [0.5, 0.6) is 11.5 Å². The van der Waals surface area contributed by atoms with E-state index in [1.807, 2.05) is 0 Å². The fourth-order valence-corrected chi connectivity index (χ4v) is 7.16. The molecule has 1 aromatic rings. The maximum absolute atomic E-state index is 6.33. The van der Waals surface area contributed by atoms with E-state index in [1.165, 1.54) is 204 Å². The average molecular weight is 722 g/mol. The third-order valence-electron chi connectivity index (χ3n) is 9.95. The Balaban J connectivity index is 2.05. The van der Waals surface area contributed by atoms with Crippen LogP contribution in [-0.2, 0) is 5.33 Å². The molecule has 2 nitrogen and oxygen atoms in total. The second-order valence-corrected chi connectivity index (χ2v) is 15.2. The zero-order valence-corrected chi connectivity index (χ0v) is 33.7. The van der Waals surface area contributed by atoms with Crippen molar-refractivity contribution >= 4 is 15.9 Å². The van der Waals surface area contributed by atoms with Crippen molar-refractivity contribution in [1.29, 1.82) is 0 Å². The summed E-state index contributed by atoms with van der Waals surface area (Å²) in [4.78, 5) is 0. The predicted molar refractivity (Wildman–Crippen MR) is 214 cm³/mol. The van der Waals surface area contributed by atoms with Gasteiger partial charge in [-0.05, 0) is 37.0 Å². The van der Waals surface area contributed by atoms with Gasteiger partial charge < -0.3 is 9.47 Å². The highest BCUT2D eigenvalue weighted by atomic mass is 79.9. The first-order chi connectivity index (χ1) is 23.2. The first-order valence-electron chi connectivity index (χ1n) is 21.2. The van der Waals surface area contributed by atoms with Crippen LogP contribution in [0.3, 0.4) is 0 Å². The zero-order valence-electron chi connectivity index (χ0n) is 32.1. The lowest BCUT2D eigenvalue weighted by Gasteiger charge is -2.16. The molecule has 1 aromatic carbocycles. The zero-order chi connectivity index (χ0) is 33.9. The van der Waals surface area contributed by atoms with Crippen molar-refractivity contribution in [3.8, 4) is 11.5 Å². The van der Waals surface area contributed by atoms with Crippen molar-refractivity contribution in [2.75, 3.05) is 13.2 Å². The Kier molecular flexibility index (Phi) is 33.1. The molecule has 0 aliphatic heterocycles. The molecule has 0 saturated heterocycles. The van der Waals surface area contributed by atoms with E-state index in [0.717, 1.165) is 42.9 Å². The largest absolute Gasteiger partial charge is 0.490 e. The van der Waals surface area contributed by atoms with E-state index in [2.05, 4.69) is 48.8 Å². The van der Waals surface area contributed by atoms with Gasteiger partial charge in [0.15, 0.2) is 11.5 Å². The summed E-state index contributed by atoms with van der Waals surface area (Å²) in [6.07, 6.45) is 44.7. The minimum atomic E-state index is 0.791. The van der Waals surface area contributed by atoms with Crippen LogP contribution in [0.1, 0.15) is 230 Å². The fraction of sp³-hybridized carbons (Fsp3) is 0.864. The summed E-state index contributed by atoms with van der Waals surface area (Å²) >= 11 is 3.63. The van der Waals surface area contributed by atoms with Crippen LogP contribution < -0.4 is 9.47 Å². The Hall–Kier alpha value is -0.700. The smallest absolute Gasteiger partial charge is 0.164 e. The van der Waals surface area contributed by atoms with Gasteiger partial charge in [0.25, 0.3) is 0 Å². The number of hydrogen-bond acceptors (Lipinski definition) is 2. The summed E-state index contributed by atoms with van der Waals surface area (Å²) in [6, 6.07) is 4.41. The van der Waals surface area contributed by atoms with E-state index >= 15 is 0 Å². The highest BCUT2D eigenvalue weighted by Gasteiger charge is 2.11. The van der Waals surface area contributed by atoms with E-state index in [1.54, 1.807) is 0 Å². The lowest BCUT2D eigenvalue weighted by molar-refractivity contribution is 0.257. The molecular formula is C44H81BrO2. The fourth-order valence-electron chi connectivity index (χ4n) is 6.84. The van der Waals surface area contributed by atoms with Gasteiger partial charge in [0.1, 0.15) is 0 Å². The van der Waals surface area contributed by atoms with Crippen LogP contribution in [0.4, 0.5) is 0 Å². The molecule has 47 heavy (non-hydrogen) atoms. The van der Waals surface area contributed by atoms with Crippen molar-refractivity contribution < 1.29 is 9.47 Å². The lowest BCUT2D eigenvalue weighted by Crippen LogP contribution is -2.05. The predicted octanol–water partition coefficient (Wildman–Crippen LogP) is 16.2. The highest BCUT2D eigenvalue weighted by molar-refractivity contribution is 9.08. The standard InChI is InChI=1S/C44H81BrO2/c1-4-6-8-10-12-14-16-18-20-22-24-26-28-30-32-34-36-46-43-39-42(40-45)38-41(3)44(43)47-37-35-33-31-29-27-25-23-21-19-17-15-13-11-9-7-5-2/h38-39H,4-37,40H2,1-3H3. The summed E-state index contributed by atoms with van der Waals surface area (Å²) < 4.78 is 12.6. The minimum Gasteiger partial charge on any atom is -0.490 e. The molecule has 1 rings (SSSR count). The molecule has 0 bridgehead atoms. The van der Waals surface area contributed by atoms with Crippen LogP contribution in [0.25, 0.3) is 0 Å². The second-order valence-electron chi connectivity index (χ2n) is 14.7. The highest BCUT2D eigenvalue weighted by Crippen LogP contribution is 2.34. The quantitative estimate of drug-likeness (QED) is 0.0503. The first-order valence-corrected chi connectivity index (χ1v) is 22.3. The van der Waals surface area contributed by atoms with Crippen molar-refractivity contribution in [1.82, 2.24) is 0 Å². The summed E-state index contributed by atoms with van der Waals surface area (Å²) in [5.74, 6) is 1.91. The van der Waals surface area contributed by atoms with Gasteiger partial charge in [-0.2, -0.15) is 0 Å². The number of alkyl halides is 1. The molecule has 0 fully saturated rings. The Bertz CT molecular complexity index is 778. The van der Waals surface area contributed by atoms with E-state index < -0.39 is 0 Å². The SMILES string of the molecule is CCCCCCCCCCCCCCCCCCOc1cc(CBr)cc(C)c1OCCCCCCCCCCCCCCCCCC. The van der Waals surface area contributed by atoms with Gasteiger partial charge in [0.2, 0.25) is 0 Å². The van der Waals surface area contributed by atoms with Crippen molar-refractivity contribution in [3.05, 3.63) is 23.3 Å². The second kappa shape index (κ2) is 35.1. The molecule has 0 aliphatic rings. The van der Waals surface area contributed by atoms with Crippen LogP contribution in [0.15, 0.2) is 12.1 Å². The molecule has 0 atom stereocenters. The normalized spacial score (nSPS) is 11.4. The van der Waals surface area contributed by atoms with Gasteiger partial charge >= 0.3 is 0 Å². The molecule has 0 unspecified atom stereocenters. The molecule has 0 aromatic heterocycles. The Labute approximate surface area is 303 Å².